The van der Waals surface area contributed by atoms with E-state index >= 15 is 0 Å². The topological polar surface area (TPSA) is 39.5 Å². The summed E-state index contributed by atoms with van der Waals surface area (Å²) in [6.45, 7) is 8.45. The first-order valence-corrected chi connectivity index (χ1v) is 4.57. The molecule has 1 rings (SSSR count). The Kier molecular flexibility index (Phi) is 2.02. The molecule has 1 aliphatic heterocycles. The smallest absolute Gasteiger partial charge is 0.129 e. The van der Waals surface area contributed by atoms with Gasteiger partial charge in [-0.05, 0) is 0 Å². The standard InChI is InChI=1S/C10H19N3/c1-9(2)7(11)12-8(13(5)6)10(9,3)4/h11H,1-6H3. The molecule has 0 unspecified atom stereocenters. The predicted octanol–water partition coefficient (Wildman–Crippen LogP) is 1.99. The van der Waals surface area contributed by atoms with Crippen molar-refractivity contribution in [2.24, 2.45) is 15.8 Å². The maximum absolute atomic E-state index is 7.82. The molecule has 0 aromatic heterocycles. The van der Waals surface area contributed by atoms with Crippen LogP contribution >= 0.6 is 0 Å². The molecule has 1 N–H and O–H groups in total. The number of nitrogens with one attached hydrogen (secondary N) is 1. The van der Waals surface area contributed by atoms with Crippen LogP contribution in [0.15, 0.2) is 4.99 Å². The molecule has 3 heteroatoms. The summed E-state index contributed by atoms with van der Waals surface area (Å²) in [5.41, 5.74) is -0.208. The summed E-state index contributed by atoms with van der Waals surface area (Å²) in [4.78, 5) is 6.32. The fourth-order valence-corrected chi connectivity index (χ4v) is 1.62. The fraction of sp³-hybridized carbons (Fsp3) is 0.800. The lowest BCUT2D eigenvalue weighted by Gasteiger charge is -2.36. The van der Waals surface area contributed by atoms with E-state index in [-0.39, 0.29) is 10.8 Å². The minimum absolute atomic E-state index is 0.0480. The van der Waals surface area contributed by atoms with Crippen molar-refractivity contribution in [1.29, 1.82) is 5.41 Å². The van der Waals surface area contributed by atoms with Crippen molar-refractivity contribution >= 4 is 11.7 Å². The molecule has 0 amide bonds. The molecule has 1 heterocycles. The van der Waals surface area contributed by atoms with Gasteiger partial charge in [0.1, 0.15) is 11.7 Å². The second kappa shape index (κ2) is 2.56. The van der Waals surface area contributed by atoms with Gasteiger partial charge in [0, 0.05) is 24.9 Å². The molecular weight excluding hydrogens is 162 g/mol. The highest BCUT2D eigenvalue weighted by atomic mass is 15.2. The van der Waals surface area contributed by atoms with E-state index in [0.29, 0.717) is 5.84 Å². The van der Waals surface area contributed by atoms with E-state index < -0.39 is 0 Å². The minimum atomic E-state index is -0.160. The molecule has 0 fully saturated rings. The molecule has 0 aromatic carbocycles. The van der Waals surface area contributed by atoms with Gasteiger partial charge >= 0.3 is 0 Å². The van der Waals surface area contributed by atoms with Crippen molar-refractivity contribution in [3.05, 3.63) is 0 Å². The molecule has 0 saturated heterocycles. The van der Waals surface area contributed by atoms with E-state index in [1.165, 1.54) is 0 Å². The van der Waals surface area contributed by atoms with Crippen molar-refractivity contribution in [2.45, 2.75) is 27.7 Å². The second-order valence-electron chi connectivity index (χ2n) is 4.93. The van der Waals surface area contributed by atoms with E-state index in [4.69, 9.17) is 5.41 Å². The molecule has 0 aromatic rings. The van der Waals surface area contributed by atoms with Crippen molar-refractivity contribution < 1.29 is 0 Å². The van der Waals surface area contributed by atoms with Gasteiger partial charge in [-0.3, -0.25) is 5.41 Å². The maximum Gasteiger partial charge on any atom is 0.129 e. The highest BCUT2D eigenvalue weighted by molar-refractivity contribution is 6.08. The third-order valence-electron chi connectivity index (χ3n) is 3.35. The zero-order valence-electron chi connectivity index (χ0n) is 9.39. The summed E-state index contributed by atoms with van der Waals surface area (Å²) in [5.74, 6) is 1.49. The highest BCUT2D eigenvalue weighted by Crippen LogP contribution is 2.45. The first-order chi connectivity index (χ1) is 5.71. The van der Waals surface area contributed by atoms with Crippen LogP contribution in [0.5, 0.6) is 0 Å². The van der Waals surface area contributed by atoms with Crippen LogP contribution in [0.25, 0.3) is 0 Å². The van der Waals surface area contributed by atoms with Crippen LogP contribution in [-0.4, -0.2) is 30.7 Å². The minimum Gasteiger partial charge on any atom is -0.366 e. The van der Waals surface area contributed by atoms with Gasteiger partial charge in [-0.2, -0.15) is 0 Å². The largest absolute Gasteiger partial charge is 0.366 e. The average Bonchev–Trinajstić information content (AvgIpc) is 2.10. The van der Waals surface area contributed by atoms with Crippen molar-refractivity contribution in [1.82, 2.24) is 4.90 Å². The van der Waals surface area contributed by atoms with E-state index in [1.807, 2.05) is 19.0 Å². The van der Waals surface area contributed by atoms with Crippen molar-refractivity contribution in [2.75, 3.05) is 14.1 Å². The van der Waals surface area contributed by atoms with Crippen LogP contribution in [-0.2, 0) is 0 Å². The fourth-order valence-electron chi connectivity index (χ4n) is 1.62. The summed E-state index contributed by atoms with van der Waals surface area (Å²) >= 11 is 0. The number of nitrogens with zero attached hydrogens (tertiary/aromatic N) is 2. The van der Waals surface area contributed by atoms with E-state index in [9.17, 15) is 0 Å². The maximum atomic E-state index is 7.82. The Bertz CT molecular complexity index is 272. The molecule has 0 saturated carbocycles. The van der Waals surface area contributed by atoms with Gasteiger partial charge in [0.05, 0.1) is 0 Å². The van der Waals surface area contributed by atoms with Crippen molar-refractivity contribution in [3.63, 3.8) is 0 Å². The van der Waals surface area contributed by atoms with E-state index in [0.717, 1.165) is 5.84 Å². The van der Waals surface area contributed by atoms with Gasteiger partial charge < -0.3 is 4.90 Å². The Morgan fingerprint density at radius 1 is 1.08 bits per heavy atom. The summed E-state index contributed by atoms with van der Waals surface area (Å²) in [7, 11) is 3.96. The molecule has 13 heavy (non-hydrogen) atoms. The summed E-state index contributed by atoms with van der Waals surface area (Å²) in [6, 6.07) is 0. The van der Waals surface area contributed by atoms with Crippen LogP contribution in [0, 0.1) is 16.2 Å². The molecule has 0 aliphatic carbocycles. The third kappa shape index (κ3) is 1.18. The van der Waals surface area contributed by atoms with Crippen LogP contribution in [0.4, 0.5) is 0 Å². The molecule has 0 spiro atoms. The number of hydrogen-bond acceptors (Lipinski definition) is 2. The lowest BCUT2D eigenvalue weighted by Crippen LogP contribution is -2.42. The number of amidine groups is 2. The van der Waals surface area contributed by atoms with Gasteiger partial charge in [-0.25, -0.2) is 4.99 Å². The summed E-state index contributed by atoms with van der Waals surface area (Å²) < 4.78 is 0. The number of hydrogen-bond donors (Lipinski definition) is 1. The Hall–Kier alpha value is -0.860. The summed E-state index contributed by atoms with van der Waals surface area (Å²) in [5, 5.41) is 7.82. The SMILES string of the molecule is CN(C)C1=NC(=N)C(C)(C)C1(C)C. The molecule has 0 atom stereocenters. The molecule has 3 nitrogen and oxygen atoms in total. The molecule has 74 valence electrons. The molecule has 0 radical (unpaired) electrons. The van der Waals surface area contributed by atoms with Gasteiger partial charge in [-0.15, -0.1) is 0 Å². The molecule has 1 aliphatic rings. The van der Waals surface area contributed by atoms with Crippen molar-refractivity contribution in [3.8, 4) is 0 Å². The van der Waals surface area contributed by atoms with Crippen LogP contribution in [0.3, 0.4) is 0 Å². The predicted molar refractivity (Wildman–Crippen MR) is 56.4 cm³/mol. The van der Waals surface area contributed by atoms with Gasteiger partial charge in [0.25, 0.3) is 0 Å². The normalized spacial score (nSPS) is 24.5. The molecule has 0 bridgehead atoms. The third-order valence-corrected chi connectivity index (χ3v) is 3.35. The number of rotatable bonds is 0. The highest BCUT2D eigenvalue weighted by Gasteiger charge is 2.50. The Morgan fingerprint density at radius 3 is 1.69 bits per heavy atom. The zero-order valence-corrected chi connectivity index (χ0v) is 9.39. The summed E-state index contributed by atoms with van der Waals surface area (Å²) in [6.07, 6.45) is 0. The van der Waals surface area contributed by atoms with E-state index in [1.54, 1.807) is 0 Å². The first-order valence-electron chi connectivity index (χ1n) is 4.57. The second-order valence-corrected chi connectivity index (χ2v) is 4.93. The zero-order chi connectivity index (χ0) is 10.4. The molecular formula is C10H19N3. The quantitative estimate of drug-likeness (QED) is 0.610. The lowest BCUT2D eigenvalue weighted by molar-refractivity contribution is 0.276. The Morgan fingerprint density at radius 2 is 1.54 bits per heavy atom. The van der Waals surface area contributed by atoms with Crippen LogP contribution in [0.2, 0.25) is 0 Å². The van der Waals surface area contributed by atoms with Gasteiger partial charge in [0.2, 0.25) is 0 Å². The lowest BCUT2D eigenvalue weighted by atomic mass is 9.68. The van der Waals surface area contributed by atoms with Gasteiger partial charge in [0.15, 0.2) is 0 Å². The number of aliphatic imine (C=N–C) groups is 1. The average molecular weight is 181 g/mol. The van der Waals surface area contributed by atoms with Gasteiger partial charge in [-0.1, -0.05) is 27.7 Å². The van der Waals surface area contributed by atoms with E-state index in [2.05, 4.69) is 32.7 Å². The Balaban J connectivity index is 3.17. The van der Waals surface area contributed by atoms with Crippen LogP contribution < -0.4 is 0 Å². The Labute approximate surface area is 80.4 Å². The monoisotopic (exact) mass is 181 g/mol. The first kappa shape index (κ1) is 10.2. The van der Waals surface area contributed by atoms with Crippen LogP contribution in [0.1, 0.15) is 27.7 Å².